The number of hydrogen-bond acceptors (Lipinski definition) is 3. The van der Waals surface area contributed by atoms with Crippen molar-refractivity contribution in [1.82, 2.24) is 15.1 Å². The van der Waals surface area contributed by atoms with E-state index in [2.05, 4.69) is 0 Å². The van der Waals surface area contributed by atoms with Gasteiger partial charge in [0.05, 0.1) is 6.67 Å². The van der Waals surface area contributed by atoms with E-state index in [0.29, 0.717) is 10.5 Å². The zero-order valence-corrected chi connectivity index (χ0v) is 15.1. The molecule has 29 heavy (non-hydrogen) atoms. The summed E-state index contributed by atoms with van der Waals surface area (Å²) in [5.74, 6) is -3.58. The van der Waals surface area contributed by atoms with Crippen LogP contribution in [-0.4, -0.2) is 41.6 Å². The van der Waals surface area contributed by atoms with E-state index in [1.165, 1.54) is 36.2 Å². The SMILES string of the molecule is CN(Cc1ccc(F)c(F)c1)CN1C(=O)NC(c2ccccc2)(C(F)(F)F)C1=O. The molecule has 0 radical (unpaired) electrons. The number of rotatable bonds is 5. The second-order valence-electron chi connectivity index (χ2n) is 6.68. The third-order valence-corrected chi connectivity index (χ3v) is 4.56. The Bertz CT molecular complexity index is 935. The van der Waals surface area contributed by atoms with Gasteiger partial charge in [-0.3, -0.25) is 9.69 Å². The largest absolute Gasteiger partial charge is 0.425 e. The van der Waals surface area contributed by atoms with Crippen LogP contribution in [0, 0.1) is 11.6 Å². The molecule has 1 fully saturated rings. The van der Waals surface area contributed by atoms with Crippen molar-refractivity contribution in [3.05, 3.63) is 71.3 Å². The number of amides is 3. The highest BCUT2D eigenvalue weighted by atomic mass is 19.4. The van der Waals surface area contributed by atoms with Gasteiger partial charge >= 0.3 is 12.2 Å². The molecule has 5 nitrogen and oxygen atoms in total. The lowest BCUT2D eigenvalue weighted by molar-refractivity contribution is -0.198. The number of carbonyl (C=O) groups is 2. The predicted molar refractivity (Wildman–Crippen MR) is 92.2 cm³/mol. The molecule has 1 N–H and O–H groups in total. The van der Waals surface area contributed by atoms with Crippen LogP contribution in [0.1, 0.15) is 11.1 Å². The summed E-state index contributed by atoms with van der Waals surface area (Å²) in [6.45, 7) is -0.507. The van der Waals surface area contributed by atoms with Crippen molar-refractivity contribution in [3.63, 3.8) is 0 Å². The first-order chi connectivity index (χ1) is 13.6. The molecule has 1 atom stereocenters. The third-order valence-electron chi connectivity index (χ3n) is 4.56. The molecule has 1 aliphatic heterocycles. The molecule has 154 valence electrons. The van der Waals surface area contributed by atoms with Crippen LogP contribution >= 0.6 is 0 Å². The standard InChI is InChI=1S/C19H16F5N3O2/c1-26(10-12-7-8-14(20)15(21)9-12)11-27-16(28)18(19(22,23)24,25-17(27)29)13-5-3-2-4-6-13/h2-9H,10-11H2,1H3,(H,25,29). The molecule has 1 heterocycles. The summed E-state index contributed by atoms with van der Waals surface area (Å²) < 4.78 is 68.1. The van der Waals surface area contributed by atoms with E-state index in [4.69, 9.17) is 0 Å². The lowest BCUT2D eigenvalue weighted by Gasteiger charge is -2.30. The summed E-state index contributed by atoms with van der Waals surface area (Å²) in [4.78, 5) is 26.8. The van der Waals surface area contributed by atoms with Gasteiger partial charge < -0.3 is 5.32 Å². The van der Waals surface area contributed by atoms with Crippen LogP contribution in [0.15, 0.2) is 48.5 Å². The molecule has 1 aliphatic rings. The lowest BCUT2D eigenvalue weighted by atomic mass is 9.89. The van der Waals surface area contributed by atoms with Crippen molar-refractivity contribution < 1.29 is 31.5 Å². The Balaban J connectivity index is 1.84. The fourth-order valence-corrected chi connectivity index (χ4v) is 3.19. The van der Waals surface area contributed by atoms with E-state index in [9.17, 15) is 31.5 Å². The molecule has 0 bridgehead atoms. The Labute approximate surface area is 162 Å². The minimum absolute atomic E-state index is 0.0292. The zero-order chi connectivity index (χ0) is 21.4. The molecule has 1 saturated heterocycles. The Morgan fingerprint density at radius 3 is 2.28 bits per heavy atom. The molecular formula is C19H16F5N3O2. The molecule has 2 aromatic rings. The van der Waals surface area contributed by atoms with Crippen molar-refractivity contribution >= 4 is 11.9 Å². The maximum absolute atomic E-state index is 13.9. The number of hydrogen-bond donors (Lipinski definition) is 1. The van der Waals surface area contributed by atoms with Crippen molar-refractivity contribution in [2.75, 3.05) is 13.7 Å². The third kappa shape index (κ3) is 3.67. The number of carbonyl (C=O) groups excluding carboxylic acids is 2. The quantitative estimate of drug-likeness (QED) is 0.604. The van der Waals surface area contributed by atoms with E-state index < -0.39 is 47.5 Å². The maximum Gasteiger partial charge on any atom is 0.425 e. The van der Waals surface area contributed by atoms with Gasteiger partial charge in [0, 0.05) is 6.54 Å². The second-order valence-corrected chi connectivity index (χ2v) is 6.68. The second kappa shape index (κ2) is 7.43. The molecule has 0 saturated carbocycles. The van der Waals surface area contributed by atoms with Gasteiger partial charge in [-0.1, -0.05) is 36.4 Å². The Morgan fingerprint density at radius 2 is 1.69 bits per heavy atom. The molecule has 0 spiro atoms. The molecule has 0 aromatic heterocycles. The first kappa shape index (κ1) is 20.7. The highest BCUT2D eigenvalue weighted by Crippen LogP contribution is 2.43. The van der Waals surface area contributed by atoms with Crippen molar-refractivity contribution in [2.45, 2.75) is 18.3 Å². The van der Waals surface area contributed by atoms with Gasteiger partial charge in [-0.2, -0.15) is 13.2 Å². The average molecular weight is 413 g/mol. The van der Waals surface area contributed by atoms with E-state index in [1.54, 1.807) is 5.32 Å². The normalized spacial score (nSPS) is 19.8. The Kier molecular flexibility index (Phi) is 5.31. The fraction of sp³-hybridized carbons (Fsp3) is 0.263. The topological polar surface area (TPSA) is 52.6 Å². The number of halogens is 5. The smallest absolute Gasteiger partial charge is 0.312 e. The molecular weight excluding hydrogens is 397 g/mol. The van der Waals surface area contributed by atoms with Crippen LogP contribution in [0.4, 0.5) is 26.7 Å². The first-order valence-electron chi connectivity index (χ1n) is 8.45. The molecule has 10 heteroatoms. The van der Waals surface area contributed by atoms with Gasteiger partial charge in [0.25, 0.3) is 5.91 Å². The number of urea groups is 1. The highest BCUT2D eigenvalue weighted by molar-refractivity contribution is 6.08. The Hall–Kier alpha value is -3.01. The van der Waals surface area contributed by atoms with Gasteiger partial charge in [0.1, 0.15) is 0 Å². The summed E-state index contributed by atoms with van der Waals surface area (Å²) in [6.07, 6.45) is -5.07. The van der Waals surface area contributed by atoms with Crippen LogP contribution < -0.4 is 5.32 Å². The summed E-state index contributed by atoms with van der Waals surface area (Å²) in [6, 6.07) is 8.32. The zero-order valence-electron chi connectivity index (χ0n) is 15.1. The highest BCUT2D eigenvalue weighted by Gasteiger charge is 2.68. The number of benzene rings is 2. The van der Waals surface area contributed by atoms with Crippen LogP contribution in [0.25, 0.3) is 0 Å². The van der Waals surface area contributed by atoms with E-state index in [1.807, 2.05) is 0 Å². The van der Waals surface area contributed by atoms with Crippen LogP contribution in [0.3, 0.4) is 0 Å². The van der Waals surface area contributed by atoms with E-state index in [0.717, 1.165) is 24.3 Å². The van der Waals surface area contributed by atoms with Gasteiger partial charge in [0.2, 0.25) is 5.54 Å². The summed E-state index contributed by atoms with van der Waals surface area (Å²) in [5, 5.41) is 1.79. The van der Waals surface area contributed by atoms with Crippen LogP contribution in [0.5, 0.6) is 0 Å². The molecule has 3 amide bonds. The maximum atomic E-state index is 13.9. The van der Waals surface area contributed by atoms with Crippen LogP contribution in [-0.2, 0) is 16.9 Å². The molecule has 1 unspecified atom stereocenters. The lowest BCUT2D eigenvalue weighted by Crippen LogP contribution is -2.56. The fourth-order valence-electron chi connectivity index (χ4n) is 3.19. The van der Waals surface area contributed by atoms with Gasteiger partial charge in [0.15, 0.2) is 11.6 Å². The van der Waals surface area contributed by atoms with Crippen molar-refractivity contribution in [3.8, 4) is 0 Å². The monoisotopic (exact) mass is 413 g/mol. The number of nitrogens with zero attached hydrogens (tertiary/aromatic N) is 2. The van der Waals surface area contributed by atoms with Gasteiger partial charge in [-0.05, 0) is 30.3 Å². The van der Waals surface area contributed by atoms with E-state index >= 15 is 0 Å². The van der Waals surface area contributed by atoms with Crippen LogP contribution in [0.2, 0.25) is 0 Å². The molecule has 3 rings (SSSR count). The van der Waals surface area contributed by atoms with E-state index in [-0.39, 0.29) is 6.54 Å². The van der Waals surface area contributed by atoms with Crippen molar-refractivity contribution in [2.24, 2.45) is 0 Å². The average Bonchev–Trinajstić information content (AvgIpc) is 2.91. The molecule has 2 aromatic carbocycles. The number of imide groups is 1. The minimum atomic E-state index is -5.07. The molecule has 0 aliphatic carbocycles. The predicted octanol–water partition coefficient (Wildman–Crippen LogP) is 3.36. The summed E-state index contributed by atoms with van der Waals surface area (Å²) in [5.41, 5.74) is -3.27. The van der Waals surface area contributed by atoms with Gasteiger partial charge in [-0.15, -0.1) is 0 Å². The first-order valence-corrected chi connectivity index (χ1v) is 8.45. The van der Waals surface area contributed by atoms with Crippen molar-refractivity contribution in [1.29, 1.82) is 0 Å². The van der Waals surface area contributed by atoms with Gasteiger partial charge in [-0.25, -0.2) is 18.5 Å². The Morgan fingerprint density at radius 1 is 1.03 bits per heavy atom. The summed E-state index contributed by atoms with van der Waals surface area (Å²) in [7, 11) is 1.43. The number of alkyl halides is 3. The summed E-state index contributed by atoms with van der Waals surface area (Å²) >= 11 is 0. The number of nitrogens with one attached hydrogen (secondary N) is 1. The minimum Gasteiger partial charge on any atom is -0.312 e.